The van der Waals surface area contributed by atoms with E-state index in [9.17, 15) is 0 Å². The third kappa shape index (κ3) is 2.43. The largest absolute Gasteiger partial charge is 0.398 e. The molecule has 0 saturated carbocycles. The molecule has 1 aromatic rings. The van der Waals surface area contributed by atoms with Crippen LogP contribution in [0.1, 0.15) is 11.6 Å². The summed E-state index contributed by atoms with van der Waals surface area (Å²) < 4.78 is 0.860. The van der Waals surface area contributed by atoms with Crippen molar-refractivity contribution in [3.63, 3.8) is 0 Å². The van der Waals surface area contributed by atoms with E-state index in [-0.39, 0.29) is 12.6 Å². The van der Waals surface area contributed by atoms with Gasteiger partial charge >= 0.3 is 0 Å². The molecule has 0 amide bonds. The lowest BCUT2D eigenvalue weighted by Crippen LogP contribution is -2.19. The predicted octanol–water partition coefficient (Wildman–Crippen LogP) is 1.28. The van der Waals surface area contributed by atoms with Crippen LogP contribution >= 0.6 is 15.9 Å². The highest BCUT2D eigenvalue weighted by atomic mass is 79.9. The van der Waals surface area contributed by atoms with E-state index in [2.05, 4.69) is 21.2 Å². The molecule has 0 bridgehead atoms. The van der Waals surface area contributed by atoms with E-state index in [1.807, 2.05) is 25.2 Å². The maximum atomic E-state index is 9.03. The quantitative estimate of drug-likeness (QED) is 0.703. The van der Waals surface area contributed by atoms with E-state index >= 15 is 0 Å². The minimum absolute atomic E-state index is 0.0306. The summed E-state index contributed by atoms with van der Waals surface area (Å²) in [5, 5.41) is 12.0. The summed E-state index contributed by atoms with van der Waals surface area (Å²) in [5.41, 5.74) is 7.37. The zero-order chi connectivity index (χ0) is 9.84. The highest BCUT2D eigenvalue weighted by molar-refractivity contribution is 9.10. The number of hydrogen-bond acceptors (Lipinski definition) is 3. The van der Waals surface area contributed by atoms with Crippen LogP contribution in [0.2, 0.25) is 0 Å². The molecule has 72 valence electrons. The maximum Gasteiger partial charge on any atom is 0.0626 e. The van der Waals surface area contributed by atoms with Gasteiger partial charge in [-0.15, -0.1) is 0 Å². The van der Waals surface area contributed by atoms with Crippen molar-refractivity contribution < 1.29 is 5.11 Å². The Morgan fingerprint density at radius 2 is 2.31 bits per heavy atom. The highest BCUT2D eigenvalue weighted by Gasteiger charge is 2.08. The second-order valence-corrected chi connectivity index (χ2v) is 3.66. The Labute approximate surface area is 86.1 Å². The van der Waals surface area contributed by atoms with Crippen LogP contribution in [0.15, 0.2) is 22.7 Å². The van der Waals surface area contributed by atoms with E-state index in [1.165, 1.54) is 0 Å². The maximum absolute atomic E-state index is 9.03. The van der Waals surface area contributed by atoms with E-state index in [4.69, 9.17) is 10.8 Å². The monoisotopic (exact) mass is 244 g/mol. The van der Waals surface area contributed by atoms with Crippen LogP contribution in [-0.4, -0.2) is 18.8 Å². The van der Waals surface area contributed by atoms with E-state index in [1.54, 1.807) is 0 Å². The van der Waals surface area contributed by atoms with Crippen molar-refractivity contribution in [1.29, 1.82) is 0 Å². The summed E-state index contributed by atoms with van der Waals surface area (Å²) >= 11 is 3.34. The van der Waals surface area contributed by atoms with Gasteiger partial charge in [-0.2, -0.15) is 0 Å². The third-order valence-electron chi connectivity index (χ3n) is 1.96. The van der Waals surface area contributed by atoms with Gasteiger partial charge in [0.1, 0.15) is 0 Å². The first kappa shape index (κ1) is 10.5. The fourth-order valence-corrected chi connectivity index (χ4v) is 1.52. The molecule has 1 aromatic carbocycles. The number of rotatable bonds is 3. The Bertz CT molecular complexity index is 287. The second kappa shape index (κ2) is 4.60. The minimum Gasteiger partial charge on any atom is -0.398 e. The molecular weight excluding hydrogens is 232 g/mol. The Morgan fingerprint density at radius 3 is 2.77 bits per heavy atom. The molecule has 0 aliphatic carbocycles. The summed E-state index contributed by atoms with van der Waals surface area (Å²) in [6, 6.07) is 5.60. The highest BCUT2D eigenvalue weighted by Crippen LogP contribution is 2.23. The van der Waals surface area contributed by atoms with Gasteiger partial charge in [0.15, 0.2) is 0 Å². The number of nitrogens with one attached hydrogen (secondary N) is 1. The third-order valence-corrected chi connectivity index (χ3v) is 2.64. The first-order valence-electron chi connectivity index (χ1n) is 4.02. The Balaban J connectivity index is 2.95. The van der Waals surface area contributed by atoms with Gasteiger partial charge in [-0.25, -0.2) is 0 Å². The Hall–Kier alpha value is -0.580. The molecule has 0 spiro atoms. The Morgan fingerprint density at radius 1 is 1.62 bits per heavy atom. The van der Waals surface area contributed by atoms with Crippen LogP contribution in [0.25, 0.3) is 0 Å². The van der Waals surface area contributed by atoms with E-state index < -0.39 is 0 Å². The predicted molar refractivity (Wildman–Crippen MR) is 57.4 cm³/mol. The Kier molecular flexibility index (Phi) is 3.71. The van der Waals surface area contributed by atoms with Crippen LogP contribution < -0.4 is 11.1 Å². The molecule has 1 rings (SSSR count). The normalized spacial score (nSPS) is 12.8. The molecule has 3 nitrogen and oxygen atoms in total. The summed E-state index contributed by atoms with van der Waals surface area (Å²) in [5.74, 6) is 0. The lowest BCUT2D eigenvalue weighted by atomic mass is 10.1. The zero-order valence-electron chi connectivity index (χ0n) is 7.42. The number of benzene rings is 1. The zero-order valence-corrected chi connectivity index (χ0v) is 9.01. The number of aliphatic hydroxyl groups is 1. The fourth-order valence-electron chi connectivity index (χ4n) is 1.12. The number of aliphatic hydroxyl groups excluding tert-OH is 1. The van der Waals surface area contributed by atoms with Crippen molar-refractivity contribution >= 4 is 21.6 Å². The molecule has 4 N–H and O–H groups in total. The van der Waals surface area contributed by atoms with E-state index in [0.29, 0.717) is 5.69 Å². The number of likely N-dealkylation sites (N-methyl/N-ethyl adjacent to an activating group) is 1. The van der Waals surface area contributed by atoms with Crippen LogP contribution in [-0.2, 0) is 0 Å². The smallest absolute Gasteiger partial charge is 0.0626 e. The minimum atomic E-state index is -0.0306. The topological polar surface area (TPSA) is 58.3 Å². The molecular formula is C9H13BrN2O. The molecule has 0 fully saturated rings. The van der Waals surface area contributed by atoms with Crippen LogP contribution in [0, 0.1) is 0 Å². The van der Waals surface area contributed by atoms with Gasteiger partial charge < -0.3 is 16.2 Å². The van der Waals surface area contributed by atoms with Gasteiger partial charge in [0.05, 0.1) is 12.6 Å². The first-order valence-corrected chi connectivity index (χ1v) is 4.81. The molecule has 4 heteroatoms. The van der Waals surface area contributed by atoms with Gasteiger partial charge in [-0.1, -0.05) is 6.07 Å². The van der Waals surface area contributed by atoms with Crippen molar-refractivity contribution in [2.45, 2.75) is 6.04 Å². The molecule has 0 radical (unpaired) electrons. The number of hydrogen-bond donors (Lipinski definition) is 3. The average Bonchev–Trinajstić information content (AvgIpc) is 2.13. The lowest BCUT2D eigenvalue weighted by molar-refractivity contribution is 0.251. The van der Waals surface area contributed by atoms with Crippen LogP contribution in [0.5, 0.6) is 0 Å². The summed E-state index contributed by atoms with van der Waals surface area (Å²) in [4.78, 5) is 0. The molecule has 0 heterocycles. The van der Waals surface area contributed by atoms with Crippen molar-refractivity contribution in [2.24, 2.45) is 0 Å². The van der Waals surface area contributed by atoms with Crippen molar-refractivity contribution in [1.82, 2.24) is 5.32 Å². The first-order chi connectivity index (χ1) is 6.19. The molecule has 13 heavy (non-hydrogen) atoms. The number of nitrogen functional groups attached to an aromatic ring is 1. The van der Waals surface area contributed by atoms with Crippen molar-refractivity contribution in [2.75, 3.05) is 19.4 Å². The molecule has 0 aliphatic rings. The molecule has 1 atom stereocenters. The van der Waals surface area contributed by atoms with Gasteiger partial charge in [-0.3, -0.25) is 0 Å². The number of anilines is 1. The van der Waals surface area contributed by atoms with E-state index in [0.717, 1.165) is 10.0 Å². The van der Waals surface area contributed by atoms with Gasteiger partial charge in [-0.05, 0) is 40.7 Å². The molecule has 0 unspecified atom stereocenters. The fraction of sp³-hybridized carbons (Fsp3) is 0.333. The standard InChI is InChI=1S/C9H13BrN2O/c1-12-9(5-13)6-2-3-8(11)7(10)4-6/h2-4,9,12-13H,5,11H2,1H3/t9-/m0/s1. The number of halogens is 1. The summed E-state index contributed by atoms with van der Waals surface area (Å²) in [6.07, 6.45) is 0. The van der Waals surface area contributed by atoms with Crippen molar-refractivity contribution in [3.05, 3.63) is 28.2 Å². The van der Waals surface area contributed by atoms with Crippen LogP contribution in [0.3, 0.4) is 0 Å². The van der Waals surface area contributed by atoms with Gasteiger partial charge in [0, 0.05) is 10.2 Å². The lowest BCUT2D eigenvalue weighted by Gasteiger charge is -2.14. The molecule has 0 aliphatic heterocycles. The average molecular weight is 245 g/mol. The van der Waals surface area contributed by atoms with Gasteiger partial charge in [0.2, 0.25) is 0 Å². The second-order valence-electron chi connectivity index (χ2n) is 2.80. The molecule has 0 aromatic heterocycles. The summed E-state index contributed by atoms with van der Waals surface area (Å²) in [6.45, 7) is 0.0762. The van der Waals surface area contributed by atoms with Gasteiger partial charge in [0.25, 0.3) is 0 Å². The van der Waals surface area contributed by atoms with Crippen molar-refractivity contribution in [3.8, 4) is 0 Å². The number of nitrogens with two attached hydrogens (primary N) is 1. The SMILES string of the molecule is CN[C@@H](CO)c1ccc(N)c(Br)c1. The molecule has 0 saturated heterocycles. The van der Waals surface area contributed by atoms with Crippen LogP contribution in [0.4, 0.5) is 5.69 Å². The summed E-state index contributed by atoms with van der Waals surface area (Å²) in [7, 11) is 1.81.